The van der Waals surface area contributed by atoms with Crippen LogP contribution in [0.1, 0.15) is 5.56 Å². The van der Waals surface area contributed by atoms with Crippen LogP contribution in [0.5, 0.6) is 17.4 Å². The van der Waals surface area contributed by atoms with Crippen molar-refractivity contribution >= 4 is 5.69 Å². The van der Waals surface area contributed by atoms with Gasteiger partial charge < -0.3 is 19.5 Å². The van der Waals surface area contributed by atoms with Crippen LogP contribution in [-0.2, 0) is 6.54 Å². The molecular formula is C15H16N2O3. The number of nitrogens with one attached hydrogen (secondary N) is 1. The van der Waals surface area contributed by atoms with E-state index in [1.807, 2.05) is 30.3 Å². The third-order valence-electron chi connectivity index (χ3n) is 3.05. The molecule has 0 amide bonds. The van der Waals surface area contributed by atoms with Crippen LogP contribution in [0.3, 0.4) is 0 Å². The molecule has 0 fully saturated rings. The average molecular weight is 272 g/mol. The minimum atomic E-state index is 0.603. The summed E-state index contributed by atoms with van der Waals surface area (Å²) in [4.78, 5) is 4.15. The predicted molar refractivity (Wildman–Crippen MR) is 75.5 cm³/mol. The van der Waals surface area contributed by atoms with Crippen LogP contribution in [0.2, 0.25) is 0 Å². The molecule has 0 spiro atoms. The summed E-state index contributed by atoms with van der Waals surface area (Å²) in [5.74, 6) is 2.23. The van der Waals surface area contributed by atoms with Gasteiger partial charge in [-0.25, -0.2) is 4.98 Å². The Morgan fingerprint density at radius 2 is 2.00 bits per heavy atom. The standard InChI is InChI=1S/C15H16N2O3/c1-18-15-5-3-12(10-17-15)16-9-11-2-4-13-14(8-11)20-7-6-19-13/h2-5,8,10,16H,6-7,9H2,1H3. The Hall–Kier alpha value is -2.43. The Kier molecular flexibility index (Phi) is 3.58. The number of methoxy groups -OCH3 is 1. The van der Waals surface area contributed by atoms with Crippen molar-refractivity contribution in [3.05, 3.63) is 42.1 Å². The molecule has 1 aliphatic rings. The Morgan fingerprint density at radius 3 is 2.75 bits per heavy atom. The molecule has 5 nitrogen and oxygen atoms in total. The fraction of sp³-hybridized carbons (Fsp3) is 0.267. The second kappa shape index (κ2) is 5.69. The van der Waals surface area contributed by atoms with E-state index < -0.39 is 0 Å². The van der Waals surface area contributed by atoms with E-state index in [-0.39, 0.29) is 0 Å². The third kappa shape index (κ3) is 2.77. The summed E-state index contributed by atoms with van der Waals surface area (Å²) in [6.07, 6.45) is 1.75. The molecule has 20 heavy (non-hydrogen) atoms. The smallest absolute Gasteiger partial charge is 0.213 e. The van der Waals surface area contributed by atoms with Crippen LogP contribution in [0.25, 0.3) is 0 Å². The number of nitrogens with zero attached hydrogens (tertiary/aromatic N) is 1. The van der Waals surface area contributed by atoms with Gasteiger partial charge in [-0.1, -0.05) is 6.07 Å². The van der Waals surface area contributed by atoms with Crippen LogP contribution < -0.4 is 19.5 Å². The number of hydrogen-bond acceptors (Lipinski definition) is 5. The molecule has 0 saturated heterocycles. The number of benzene rings is 1. The highest BCUT2D eigenvalue weighted by molar-refractivity contribution is 5.46. The Labute approximate surface area is 117 Å². The summed E-state index contributed by atoms with van der Waals surface area (Å²) in [5.41, 5.74) is 2.07. The maximum Gasteiger partial charge on any atom is 0.213 e. The summed E-state index contributed by atoms with van der Waals surface area (Å²) in [6, 6.07) is 9.73. The molecule has 0 bridgehead atoms. The maximum atomic E-state index is 5.56. The van der Waals surface area contributed by atoms with Gasteiger partial charge in [0, 0.05) is 12.6 Å². The van der Waals surface area contributed by atoms with Gasteiger partial charge in [-0.15, -0.1) is 0 Å². The molecule has 1 aliphatic heterocycles. The van der Waals surface area contributed by atoms with Crippen LogP contribution in [0.15, 0.2) is 36.5 Å². The van der Waals surface area contributed by atoms with Gasteiger partial charge in [0.2, 0.25) is 5.88 Å². The SMILES string of the molecule is COc1ccc(NCc2ccc3c(c2)OCCO3)cn1. The first-order valence-corrected chi connectivity index (χ1v) is 6.47. The van der Waals surface area contributed by atoms with Crippen molar-refractivity contribution in [2.45, 2.75) is 6.54 Å². The number of ether oxygens (including phenoxy) is 3. The molecule has 2 aromatic rings. The average Bonchev–Trinajstić information content (AvgIpc) is 2.53. The van der Waals surface area contributed by atoms with Crippen LogP contribution in [-0.4, -0.2) is 25.3 Å². The van der Waals surface area contributed by atoms with E-state index in [0.29, 0.717) is 25.6 Å². The maximum absolute atomic E-state index is 5.56. The first-order valence-electron chi connectivity index (χ1n) is 6.47. The highest BCUT2D eigenvalue weighted by Crippen LogP contribution is 2.30. The van der Waals surface area contributed by atoms with Gasteiger partial charge in [0.05, 0.1) is 19.0 Å². The lowest BCUT2D eigenvalue weighted by atomic mass is 10.2. The first-order chi connectivity index (χ1) is 9.85. The van der Waals surface area contributed by atoms with E-state index in [9.17, 15) is 0 Å². The number of anilines is 1. The molecule has 3 rings (SSSR count). The van der Waals surface area contributed by atoms with E-state index >= 15 is 0 Å². The number of hydrogen-bond donors (Lipinski definition) is 1. The van der Waals surface area contributed by atoms with Crippen molar-refractivity contribution in [2.75, 3.05) is 25.6 Å². The van der Waals surface area contributed by atoms with Crippen molar-refractivity contribution in [3.8, 4) is 17.4 Å². The van der Waals surface area contributed by atoms with Crippen molar-refractivity contribution in [2.24, 2.45) is 0 Å². The van der Waals surface area contributed by atoms with Gasteiger partial charge in [-0.2, -0.15) is 0 Å². The van der Waals surface area contributed by atoms with Gasteiger partial charge in [0.15, 0.2) is 11.5 Å². The normalized spacial score (nSPS) is 12.8. The Balaban J connectivity index is 1.65. The van der Waals surface area contributed by atoms with E-state index in [2.05, 4.69) is 10.3 Å². The summed E-state index contributed by atoms with van der Waals surface area (Å²) in [6.45, 7) is 1.92. The largest absolute Gasteiger partial charge is 0.486 e. The van der Waals surface area contributed by atoms with E-state index in [0.717, 1.165) is 22.7 Å². The molecule has 0 saturated carbocycles. The second-order valence-corrected chi connectivity index (χ2v) is 4.42. The van der Waals surface area contributed by atoms with Gasteiger partial charge in [0.25, 0.3) is 0 Å². The lowest BCUT2D eigenvalue weighted by Crippen LogP contribution is -2.15. The minimum absolute atomic E-state index is 0.603. The molecule has 5 heteroatoms. The van der Waals surface area contributed by atoms with Crippen molar-refractivity contribution in [3.63, 3.8) is 0 Å². The van der Waals surface area contributed by atoms with Gasteiger partial charge >= 0.3 is 0 Å². The first kappa shape index (κ1) is 12.6. The zero-order valence-corrected chi connectivity index (χ0v) is 11.3. The fourth-order valence-electron chi connectivity index (χ4n) is 2.01. The number of fused-ring (bicyclic) bond motifs is 1. The molecule has 1 aromatic carbocycles. The molecule has 104 valence electrons. The molecule has 0 radical (unpaired) electrons. The summed E-state index contributed by atoms with van der Waals surface area (Å²) in [5, 5.41) is 3.30. The molecule has 0 unspecified atom stereocenters. The summed E-state index contributed by atoms with van der Waals surface area (Å²) >= 11 is 0. The topological polar surface area (TPSA) is 52.6 Å². The number of aromatic nitrogens is 1. The van der Waals surface area contributed by atoms with Gasteiger partial charge in [-0.3, -0.25) is 0 Å². The van der Waals surface area contributed by atoms with Crippen LogP contribution in [0, 0.1) is 0 Å². The minimum Gasteiger partial charge on any atom is -0.486 e. The molecule has 1 aromatic heterocycles. The van der Waals surface area contributed by atoms with Crippen molar-refractivity contribution in [1.29, 1.82) is 0 Å². The zero-order valence-electron chi connectivity index (χ0n) is 11.3. The lowest BCUT2D eigenvalue weighted by molar-refractivity contribution is 0.171. The van der Waals surface area contributed by atoms with Crippen LogP contribution >= 0.6 is 0 Å². The fourth-order valence-corrected chi connectivity index (χ4v) is 2.01. The summed E-state index contributed by atoms with van der Waals surface area (Å²) < 4.78 is 16.1. The van der Waals surface area contributed by atoms with Gasteiger partial charge in [0.1, 0.15) is 13.2 Å². The zero-order chi connectivity index (χ0) is 13.8. The monoisotopic (exact) mass is 272 g/mol. The Morgan fingerprint density at radius 1 is 1.15 bits per heavy atom. The van der Waals surface area contributed by atoms with Crippen LogP contribution in [0.4, 0.5) is 5.69 Å². The molecule has 0 aliphatic carbocycles. The molecule has 0 atom stereocenters. The predicted octanol–water partition coefficient (Wildman–Crippen LogP) is 2.47. The van der Waals surface area contributed by atoms with Crippen molar-refractivity contribution < 1.29 is 14.2 Å². The van der Waals surface area contributed by atoms with E-state index in [1.54, 1.807) is 13.3 Å². The number of pyridine rings is 1. The quantitative estimate of drug-likeness (QED) is 0.926. The van der Waals surface area contributed by atoms with E-state index in [1.165, 1.54) is 0 Å². The highest BCUT2D eigenvalue weighted by Gasteiger charge is 2.11. The number of rotatable bonds is 4. The van der Waals surface area contributed by atoms with E-state index in [4.69, 9.17) is 14.2 Å². The van der Waals surface area contributed by atoms with Gasteiger partial charge in [-0.05, 0) is 23.8 Å². The lowest BCUT2D eigenvalue weighted by Gasteiger charge is -2.19. The Bertz CT molecular complexity index is 584. The second-order valence-electron chi connectivity index (χ2n) is 4.42. The molecule has 2 heterocycles. The highest BCUT2D eigenvalue weighted by atomic mass is 16.6. The molecule has 1 N–H and O–H groups in total. The third-order valence-corrected chi connectivity index (χ3v) is 3.05. The summed E-state index contributed by atoms with van der Waals surface area (Å²) in [7, 11) is 1.60. The van der Waals surface area contributed by atoms with Crippen molar-refractivity contribution in [1.82, 2.24) is 4.98 Å². The molecular weight excluding hydrogens is 256 g/mol.